The van der Waals surface area contributed by atoms with Crippen molar-refractivity contribution in [2.75, 3.05) is 12.3 Å². The van der Waals surface area contributed by atoms with Gasteiger partial charge < -0.3 is 10.5 Å². The lowest BCUT2D eigenvalue weighted by molar-refractivity contribution is 0.316. The van der Waals surface area contributed by atoms with Crippen LogP contribution >= 0.6 is 0 Å². The molecule has 0 unspecified atom stereocenters. The van der Waals surface area contributed by atoms with E-state index in [0.29, 0.717) is 12.4 Å². The number of nitrogens with one attached hydrogen (secondary N) is 1. The van der Waals surface area contributed by atoms with Gasteiger partial charge in [-0.05, 0) is 37.5 Å². The molecule has 0 atom stereocenters. The maximum absolute atomic E-state index is 5.87. The van der Waals surface area contributed by atoms with Gasteiger partial charge in [0.05, 0.1) is 6.61 Å². The predicted molar refractivity (Wildman–Crippen MR) is 72.9 cm³/mol. The molecule has 0 radical (unpaired) electrons. The first-order valence-electron chi connectivity index (χ1n) is 6.07. The Morgan fingerprint density at radius 3 is 2.61 bits per heavy atom. The first kappa shape index (κ1) is 12.5. The normalized spacial score (nSPS) is 10.6. The molecule has 0 bridgehead atoms. The average molecular weight is 245 g/mol. The van der Waals surface area contributed by atoms with Gasteiger partial charge in [0.25, 0.3) is 0 Å². The first-order chi connectivity index (χ1) is 8.58. The highest BCUT2D eigenvalue weighted by Crippen LogP contribution is 2.25. The summed E-state index contributed by atoms with van der Waals surface area (Å²) in [6.45, 7) is 6.87. The van der Waals surface area contributed by atoms with Crippen LogP contribution in [0.4, 0.5) is 5.82 Å². The molecule has 4 heteroatoms. The number of hydrogen-bond acceptors (Lipinski definition) is 3. The van der Waals surface area contributed by atoms with Crippen LogP contribution in [0.15, 0.2) is 18.2 Å². The molecule has 0 spiro atoms. The van der Waals surface area contributed by atoms with Crippen molar-refractivity contribution in [2.45, 2.75) is 27.2 Å². The Balaban J connectivity index is 2.00. The maximum atomic E-state index is 5.87. The molecule has 18 heavy (non-hydrogen) atoms. The standard InChI is InChI=1S/C14H19N3O/c1-9-4-5-10(2)14(11(9)3)18-7-6-12-8-13(15)17-16-12/h4-5,8H,6-7H2,1-3H3,(H3,15,16,17). The van der Waals surface area contributed by atoms with Crippen LogP contribution < -0.4 is 10.5 Å². The number of benzene rings is 1. The van der Waals surface area contributed by atoms with Crippen LogP contribution in [0.1, 0.15) is 22.4 Å². The van der Waals surface area contributed by atoms with E-state index >= 15 is 0 Å². The number of rotatable bonds is 4. The van der Waals surface area contributed by atoms with Crippen LogP contribution in [0.5, 0.6) is 5.75 Å². The molecule has 0 aliphatic heterocycles. The quantitative estimate of drug-likeness (QED) is 0.870. The van der Waals surface area contributed by atoms with Gasteiger partial charge in [-0.3, -0.25) is 5.10 Å². The highest BCUT2D eigenvalue weighted by atomic mass is 16.5. The van der Waals surface area contributed by atoms with Crippen molar-refractivity contribution < 1.29 is 4.74 Å². The van der Waals surface area contributed by atoms with E-state index in [9.17, 15) is 0 Å². The SMILES string of the molecule is Cc1ccc(C)c(OCCc2cc(N)n[nH]2)c1C. The molecule has 0 fully saturated rings. The van der Waals surface area contributed by atoms with Crippen LogP contribution in [0.2, 0.25) is 0 Å². The second-order valence-electron chi connectivity index (χ2n) is 4.57. The van der Waals surface area contributed by atoms with Crippen molar-refractivity contribution in [3.05, 3.63) is 40.6 Å². The zero-order valence-electron chi connectivity index (χ0n) is 11.1. The Labute approximate surface area is 107 Å². The number of nitrogens with zero attached hydrogens (tertiary/aromatic N) is 1. The van der Waals surface area contributed by atoms with E-state index in [1.165, 1.54) is 16.7 Å². The van der Waals surface area contributed by atoms with Crippen LogP contribution in [0.3, 0.4) is 0 Å². The van der Waals surface area contributed by atoms with Gasteiger partial charge >= 0.3 is 0 Å². The van der Waals surface area contributed by atoms with Crippen molar-refractivity contribution >= 4 is 5.82 Å². The van der Waals surface area contributed by atoms with Crippen molar-refractivity contribution in [2.24, 2.45) is 0 Å². The molecule has 1 aromatic heterocycles. The Morgan fingerprint density at radius 2 is 1.94 bits per heavy atom. The maximum Gasteiger partial charge on any atom is 0.145 e. The summed E-state index contributed by atoms with van der Waals surface area (Å²) < 4.78 is 5.87. The highest BCUT2D eigenvalue weighted by Gasteiger charge is 2.06. The van der Waals surface area contributed by atoms with Crippen molar-refractivity contribution in [1.82, 2.24) is 10.2 Å². The molecule has 0 amide bonds. The summed E-state index contributed by atoms with van der Waals surface area (Å²) in [5.41, 5.74) is 10.2. The van der Waals surface area contributed by atoms with Crippen molar-refractivity contribution in [1.29, 1.82) is 0 Å². The monoisotopic (exact) mass is 245 g/mol. The fourth-order valence-corrected chi connectivity index (χ4v) is 1.92. The van der Waals surface area contributed by atoms with Gasteiger partial charge in [0, 0.05) is 18.2 Å². The molecule has 3 N–H and O–H groups in total. The second kappa shape index (κ2) is 5.12. The fourth-order valence-electron chi connectivity index (χ4n) is 1.92. The molecule has 4 nitrogen and oxygen atoms in total. The summed E-state index contributed by atoms with van der Waals surface area (Å²) in [4.78, 5) is 0. The van der Waals surface area contributed by atoms with Gasteiger partial charge in [-0.15, -0.1) is 0 Å². The lowest BCUT2D eigenvalue weighted by atomic mass is 10.1. The number of aryl methyl sites for hydroxylation is 2. The van der Waals surface area contributed by atoms with E-state index in [4.69, 9.17) is 10.5 Å². The second-order valence-corrected chi connectivity index (χ2v) is 4.57. The van der Waals surface area contributed by atoms with Crippen molar-refractivity contribution in [3.8, 4) is 5.75 Å². The average Bonchev–Trinajstić information content (AvgIpc) is 2.74. The van der Waals surface area contributed by atoms with Gasteiger partial charge in [-0.1, -0.05) is 12.1 Å². The number of nitrogens with two attached hydrogens (primary N) is 1. The smallest absolute Gasteiger partial charge is 0.145 e. The highest BCUT2D eigenvalue weighted by molar-refractivity contribution is 5.44. The summed E-state index contributed by atoms with van der Waals surface area (Å²) in [6, 6.07) is 6.04. The van der Waals surface area contributed by atoms with Crippen LogP contribution in [-0.2, 0) is 6.42 Å². The Hall–Kier alpha value is -1.97. The summed E-state index contributed by atoms with van der Waals surface area (Å²) in [5, 5.41) is 6.77. The molecule has 96 valence electrons. The molecule has 2 aromatic rings. The minimum absolute atomic E-state index is 0.521. The molecular formula is C14H19N3O. The Kier molecular flexibility index (Phi) is 3.55. The number of ether oxygens (including phenoxy) is 1. The molecule has 1 heterocycles. The van der Waals surface area contributed by atoms with E-state index in [0.717, 1.165) is 17.9 Å². The largest absolute Gasteiger partial charge is 0.493 e. The van der Waals surface area contributed by atoms with Crippen LogP contribution in [0.25, 0.3) is 0 Å². The minimum Gasteiger partial charge on any atom is -0.493 e. The van der Waals surface area contributed by atoms with E-state index < -0.39 is 0 Å². The number of aromatic nitrogens is 2. The third kappa shape index (κ3) is 2.64. The Bertz CT molecular complexity index is 546. The summed E-state index contributed by atoms with van der Waals surface area (Å²) in [6.07, 6.45) is 0.775. The predicted octanol–water partition coefficient (Wildman–Crippen LogP) is 2.54. The number of anilines is 1. The summed E-state index contributed by atoms with van der Waals surface area (Å²) in [7, 11) is 0. The number of H-pyrrole nitrogens is 1. The molecular weight excluding hydrogens is 226 g/mol. The number of hydrogen-bond donors (Lipinski definition) is 2. The molecule has 0 aliphatic carbocycles. The Morgan fingerprint density at radius 1 is 1.22 bits per heavy atom. The van der Waals surface area contributed by atoms with Crippen molar-refractivity contribution in [3.63, 3.8) is 0 Å². The van der Waals surface area contributed by atoms with Crippen LogP contribution in [0, 0.1) is 20.8 Å². The van der Waals surface area contributed by atoms with Gasteiger partial charge in [-0.25, -0.2) is 0 Å². The van der Waals surface area contributed by atoms with E-state index in [1.54, 1.807) is 0 Å². The third-order valence-electron chi connectivity index (χ3n) is 3.14. The van der Waals surface area contributed by atoms with Gasteiger partial charge in [-0.2, -0.15) is 5.10 Å². The zero-order valence-corrected chi connectivity index (χ0v) is 11.1. The third-order valence-corrected chi connectivity index (χ3v) is 3.14. The number of aromatic amines is 1. The van der Waals surface area contributed by atoms with Gasteiger partial charge in [0.1, 0.15) is 11.6 Å². The summed E-state index contributed by atoms with van der Waals surface area (Å²) >= 11 is 0. The molecule has 0 saturated carbocycles. The fraction of sp³-hybridized carbons (Fsp3) is 0.357. The molecule has 0 aliphatic rings. The topological polar surface area (TPSA) is 63.9 Å². The molecule has 2 rings (SSSR count). The van der Waals surface area contributed by atoms with E-state index in [-0.39, 0.29) is 0 Å². The lowest BCUT2D eigenvalue weighted by Crippen LogP contribution is -2.04. The molecule has 0 saturated heterocycles. The lowest BCUT2D eigenvalue weighted by Gasteiger charge is -2.13. The van der Waals surface area contributed by atoms with Gasteiger partial charge in [0.15, 0.2) is 0 Å². The summed E-state index contributed by atoms with van der Waals surface area (Å²) in [5.74, 6) is 1.51. The van der Waals surface area contributed by atoms with Crippen LogP contribution in [-0.4, -0.2) is 16.8 Å². The zero-order chi connectivity index (χ0) is 13.1. The van der Waals surface area contributed by atoms with E-state index in [2.05, 4.69) is 43.1 Å². The van der Waals surface area contributed by atoms with Gasteiger partial charge in [0.2, 0.25) is 0 Å². The minimum atomic E-state index is 0.521. The molecule has 1 aromatic carbocycles. The first-order valence-corrected chi connectivity index (χ1v) is 6.07. The van der Waals surface area contributed by atoms with E-state index in [1.807, 2.05) is 6.07 Å². The number of nitrogen functional groups attached to an aromatic ring is 1.